The van der Waals surface area contributed by atoms with Crippen LogP contribution in [-0.4, -0.2) is 25.5 Å². The number of furan rings is 1. The number of aryl methyl sites for hydroxylation is 1. The molecule has 1 aromatic rings. The van der Waals surface area contributed by atoms with Crippen molar-refractivity contribution >= 4 is 5.91 Å². The number of carbonyl (C=O) groups is 1. The van der Waals surface area contributed by atoms with E-state index in [1.54, 1.807) is 13.3 Å². The maximum absolute atomic E-state index is 11.0. The molecule has 4 heteroatoms. The first kappa shape index (κ1) is 13.8. The van der Waals surface area contributed by atoms with Crippen LogP contribution in [0.1, 0.15) is 31.9 Å². The quantitative estimate of drug-likeness (QED) is 0.678. The van der Waals surface area contributed by atoms with E-state index in [9.17, 15) is 4.79 Å². The lowest BCUT2D eigenvalue weighted by Crippen LogP contribution is -2.28. The third kappa shape index (κ3) is 6.12. The molecule has 4 nitrogen and oxygen atoms in total. The summed E-state index contributed by atoms with van der Waals surface area (Å²) in [6.45, 7) is 3.04. The van der Waals surface area contributed by atoms with Gasteiger partial charge in [0.05, 0.1) is 6.26 Å². The Labute approximate surface area is 103 Å². The predicted octanol–water partition coefficient (Wildman–Crippen LogP) is 1.72. The summed E-state index contributed by atoms with van der Waals surface area (Å²) in [5.41, 5.74) is 0. The monoisotopic (exact) mass is 238 g/mol. The molecule has 0 aromatic carbocycles. The van der Waals surface area contributed by atoms with Crippen molar-refractivity contribution in [2.75, 3.05) is 13.6 Å². The van der Waals surface area contributed by atoms with Gasteiger partial charge in [0, 0.05) is 25.9 Å². The Morgan fingerprint density at radius 2 is 2.35 bits per heavy atom. The summed E-state index contributed by atoms with van der Waals surface area (Å²) in [6, 6.07) is 4.36. The highest BCUT2D eigenvalue weighted by atomic mass is 16.3. The largest absolute Gasteiger partial charge is 0.469 e. The molecule has 0 aliphatic rings. The molecule has 1 unspecified atom stereocenters. The summed E-state index contributed by atoms with van der Waals surface area (Å²) in [5, 5.41) is 6.02. The van der Waals surface area contributed by atoms with Gasteiger partial charge in [-0.3, -0.25) is 4.79 Å². The number of hydrogen-bond donors (Lipinski definition) is 2. The molecule has 0 fully saturated rings. The fourth-order valence-electron chi connectivity index (χ4n) is 1.64. The second-order valence-electron chi connectivity index (χ2n) is 4.25. The van der Waals surface area contributed by atoms with Crippen LogP contribution in [0.25, 0.3) is 0 Å². The Kier molecular flexibility index (Phi) is 6.40. The van der Waals surface area contributed by atoms with Gasteiger partial charge in [-0.15, -0.1) is 0 Å². The third-order valence-electron chi connectivity index (χ3n) is 2.76. The van der Waals surface area contributed by atoms with Crippen LogP contribution in [0.5, 0.6) is 0 Å². The van der Waals surface area contributed by atoms with E-state index in [2.05, 4.69) is 17.6 Å². The van der Waals surface area contributed by atoms with Crippen LogP contribution >= 0.6 is 0 Å². The van der Waals surface area contributed by atoms with Gasteiger partial charge in [-0.05, 0) is 38.4 Å². The molecular formula is C13H22N2O2. The molecule has 1 atom stereocenters. The van der Waals surface area contributed by atoms with Crippen LogP contribution in [0.15, 0.2) is 22.8 Å². The second kappa shape index (κ2) is 7.90. The zero-order valence-corrected chi connectivity index (χ0v) is 10.7. The van der Waals surface area contributed by atoms with Crippen molar-refractivity contribution in [1.82, 2.24) is 10.6 Å². The maximum Gasteiger partial charge on any atom is 0.219 e. The molecule has 0 radical (unpaired) electrons. The van der Waals surface area contributed by atoms with Crippen molar-refractivity contribution in [1.29, 1.82) is 0 Å². The zero-order valence-electron chi connectivity index (χ0n) is 10.7. The molecule has 1 amide bonds. The Bertz CT molecular complexity index is 309. The van der Waals surface area contributed by atoms with Gasteiger partial charge in [-0.2, -0.15) is 0 Å². The lowest BCUT2D eigenvalue weighted by molar-refractivity contribution is -0.120. The van der Waals surface area contributed by atoms with E-state index >= 15 is 0 Å². The minimum absolute atomic E-state index is 0.107. The molecule has 0 saturated heterocycles. The predicted molar refractivity (Wildman–Crippen MR) is 67.8 cm³/mol. The Morgan fingerprint density at radius 1 is 1.53 bits per heavy atom. The molecule has 1 heterocycles. The Balaban J connectivity index is 2.01. The summed E-state index contributed by atoms with van der Waals surface area (Å²) in [4.78, 5) is 11.0. The summed E-state index contributed by atoms with van der Waals surface area (Å²) >= 11 is 0. The lowest BCUT2D eigenvalue weighted by atomic mass is 10.1. The highest BCUT2D eigenvalue weighted by molar-refractivity contribution is 5.75. The molecule has 0 spiro atoms. The van der Waals surface area contributed by atoms with Crippen LogP contribution in [0.3, 0.4) is 0 Å². The Morgan fingerprint density at radius 3 is 3.00 bits per heavy atom. The fourth-order valence-corrected chi connectivity index (χ4v) is 1.64. The first-order chi connectivity index (χ1) is 8.22. The molecule has 96 valence electrons. The number of rotatable bonds is 8. The molecule has 1 rings (SSSR count). The van der Waals surface area contributed by atoms with Gasteiger partial charge in [0.15, 0.2) is 0 Å². The van der Waals surface area contributed by atoms with Crippen molar-refractivity contribution < 1.29 is 9.21 Å². The molecule has 1 aromatic heterocycles. The van der Waals surface area contributed by atoms with Gasteiger partial charge >= 0.3 is 0 Å². The normalized spacial score (nSPS) is 12.4. The third-order valence-corrected chi connectivity index (χ3v) is 2.76. The minimum atomic E-state index is 0.107. The Hall–Kier alpha value is -1.29. The van der Waals surface area contributed by atoms with E-state index in [0.29, 0.717) is 12.5 Å². The minimum Gasteiger partial charge on any atom is -0.469 e. The first-order valence-corrected chi connectivity index (χ1v) is 6.18. The van der Waals surface area contributed by atoms with Crippen molar-refractivity contribution in [3.63, 3.8) is 0 Å². The molecule has 0 bridgehead atoms. The molecule has 0 aliphatic heterocycles. The van der Waals surface area contributed by atoms with Crippen molar-refractivity contribution in [2.45, 2.75) is 38.6 Å². The summed E-state index contributed by atoms with van der Waals surface area (Å²) in [5.74, 6) is 1.14. The van der Waals surface area contributed by atoms with Crippen LogP contribution in [0, 0.1) is 0 Å². The summed E-state index contributed by atoms with van der Waals surface area (Å²) in [6.07, 6.45) is 5.18. The van der Waals surface area contributed by atoms with Crippen LogP contribution in [-0.2, 0) is 11.2 Å². The van der Waals surface area contributed by atoms with Gasteiger partial charge in [0.2, 0.25) is 5.91 Å². The maximum atomic E-state index is 11.0. The molecule has 2 N–H and O–H groups in total. The highest BCUT2D eigenvalue weighted by Crippen LogP contribution is 2.05. The summed E-state index contributed by atoms with van der Waals surface area (Å²) in [7, 11) is 1.67. The van der Waals surface area contributed by atoms with Gasteiger partial charge in [-0.1, -0.05) is 0 Å². The number of hydrogen-bond acceptors (Lipinski definition) is 3. The summed E-state index contributed by atoms with van der Waals surface area (Å²) < 4.78 is 5.27. The van der Waals surface area contributed by atoms with Crippen molar-refractivity contribution in [3.05, 3.63) is 24.2 Å². The lowest BCUT2D eigenvalue weighted by Gasteiger charge is -2.12. The standard InChI is InChI=1S/C13H22N2O2/c1-11(7-8-12-5-4-10-17-12)15-9-3-6-13(16)14-2/h4-5,10-11,15H,3,6-9H2,1-2H3,(H,14,16). The first-order valence-electron chi connectivity index (χ1n) is 6.18. The SMILES string of the molecule is CNC(=O)CCCNC(C)CCc1ccco1. The van der Waals surface area contributed by atoms with E-state index < -0.39 is 0 Å². The van der Waals surface area contributed by atoms with E-state index in [1.807, 2.05) is 12.1 Å². The smallest absolute Gasteiger partial charge is 0.219 e. The van der Waals surface area contributed by atoms with Crippen LogP contribution < -0.4 is 10.6 Å². The van der Waals surface area contributed by atoms with Crippen molar-refractivity contribution in [3.8, 4) is 0 Å². The van der Waals surface area contributed by atoms with E-state index in [4.69, 9.17) is 4.42 Å². The van der Waals surface area contributed by atoms with Gasteiger partial charge < -0.3 is 15.1 Å². The second-order valence-corrected chi connectivity index (χ2v) is 4.25. The molecule has 0 aliphatic carbocycles. The fraction of sp³-hybridized carbons (Fsp3) is 0.615. The molecule has 0 saturated carbocycles. The number of nitrogens with one attached hydrogen (secondary N) is 2. The highest BCUT2D eigenvalue weighted by Gasteiger charge is 2.04. The van der Waals surface area contributed by atoms with Crippen molar-refractivity contribution in [2.24, 2.45) is 0 Å². The number of amides is 1. The molecule has 17 heavy (non-hydrogen) atoms. The topological polar surface area (TPSA) is 54.3 Å². The zero-order chi connectivity index (χ0) is 12.5. The van der Waals surface area contributed by atoms with E-state index in [0.717, 1.165) is 31.6 Å². The van der Waals surface area contributed by atoms with Gasteiger partial charge in [0.1, 0.15) is 5.76 Å². The van der Waals surface area contributed by atoms with E-state index in [1.165, 1.54) is 0 Å². The van der Waals surface area contributed by atoms with Crippen LogP contribution in [0.4, 0.5) is 0 Å². The molecular weight excluding hydrogens is 216 g/mol. The van der Waals surface area contributed by atoms with Gasteiger partial charge in [0.25, 0.3) is 0 Å². The van der Waals surface area contributed by atoms with Crippen LogP contribution in [0.2, 0.25) is 0 Å². The van der Waals surface area contributed by atoms with E-state index in [-0.39, 0.29) is 5.91 Å². The van der Waals surface area contributed by atoms with Gasteiger partial charge in [-0.25, -0.2) is 0 Å². The average Bonchev–Trinajstić information content (AvgIpc) is 2.84. The number of carbonyl (C=O) groups excluding carboxylic acids is 1. The average molecular weight is 238 g/mol.